The van der Waals surface area contributed by atoms with Crippen LogP contribution in [0, 0.1) is 0 Å². The number of likely N-dealkylation sites (tertiary alicyclic amines) is 1. The molecular weight excluding hydrogens is 342 g/mol. The smallest absolute Gasteiger partial charge is 0.407 e. The number of benzene rings is 1. The fourth-order valence-electron chi connectivity index (χ4n) is 2.50. The Kier molecular flexibility index (Phi) is 5.84. The highest BCUT2D eigenvalue weighted by Gasteiger charge is 2.28. The van der Waals surface area contributed by atoms with Gasteiger partial charge in [0, 0.05) is 24.5 Å². The Bertz CT molecular complexity index is 693. The molecule has 2 heterocycles. The van der Waals surface area contributed by atoms with Gasteiger partial charge in [0.15, 0.2) is 0 Å². The number of thiazole rings is 1. The summed E-state index contributed by atoms with van der Waals surface area (Å²) in [5.74, 6) is -0.151. The Hall–Kier alpha value is -2.61. The van der Waals surface area contributed by atoms with Crippen molar-refractivity contribution in [2.75, 3.05) is 19.6 Å². The highest BCUT2D eigenvalue weighted by molar-refractivity contribution is 7.11. The second-order valence-electron chi connectivity index (χ2n) is 5.58. The van der Waals surface area contributed by atoms with E-state index in [0.717, 1.165) is 12.0 Å². The predicted octanol–water partition coefficient (Wildman–Crippen LogP) is 2.05. The molecule has 7 nitrogen and oxygen atoms in total. The van der Waals surface area contributed by atoms with E-state index < -0.39 is 6.09 Å². The average molecular weight is 361 g/mol. The molecule has 0 spiro atoms. The Morgan fingerprint density at radius 1 is 1.32 bits per heavy atom. The zero-order chi connectivity index (χ0) is 17.5. The van der Waals surface area contributed by atoms with Crippen molar-refractivity contribution in [3.8, 4) is 5.19 Å². The molecule has 8 heteroatoms. The van der Waals surface area contributed by atoms with Crippen molar-refractivity contribution in [2.24, 2.45) is 0 Å². The number of carbonyl (C=O) groups excluding carboxylic acids is 2. The van der Waals surface area contributed by atoms with E-state index in [-0.39, 0.29) is 25.2 Å². The van der Waals surface area contributed by atoms with E-state index in [1.807, 2.05) is 35.7 Å². The molecule has 132 valence electrons. The number of carbonyl (C=O) groups is 2. The minimum absolute atomic E-state index is 0.0554. The minimum Gasteiger partial charge on any atom is -0.465 e. The zero-order valence-electron chi connectivity index (χ0n) is 13.6. The number of nitrogens with one attached hydrogen (secondary N) is 1. The predicted molar refractivity (Wildman–Crippen MR) is 92.4 cm³/mol. The number of nitrogens with zero attached hydrogens (tertiary/aromatic N) is 2. The first-order chi connectivity index (χ1) is 12.2. The van der Waals surface area contributed by atoms with Crippen molar-refractivity contribution in [1.29, 1.82) is 0 Å². The van der Waals surface area contributed by atoms with E-state index in [1.165, 1.54) is 11.3 Å². The van der Waals surface area contributed by atoms with Crippen molar-refractivity contribution in [1.82, 2.24) is 15.2 Å². The second-order valence-corrected chi connectivity index (χ2v) is 6.44. The molecule has 1 aromatic carbocycles. The third kappa shape index (κ3) is 5.18. The van der Waals surface area contributed by atoms with E-state index in [4.69, 9.17) is 9.47 Å². The van der Waals surface area contributed by atoms with Crippen LogP contribution in [0.4, 0.5) is 4.79 Å². The first-order valence-corrected chi connectivity index (χ1v) is 8.87. The number of amides is 2. The molecule has 0 aliphatic carbocycles. The first-order valence-electron chi connectivity index (χ1n) is 7.99. The summed E-state index contributed by atoms with van der Waals surface area (Å²) in [4.78, 5) is 29.6. The van der Waals surface area contributed by atoms with Crippen LogP contribution < -0.4 is 10.1 Å². The van der Waals surface area contributed by atoms with Gasteiger partial charge in [0.25, 0.3) is 5.19 Å². The lowest BCUT2D eigenvalue weighted by Gasteiger charge is -2.16. The van der Waals surface area contributed by atoms with Crippen LogP contribution in [0.25, 0.3) is 0 Å². The SMILES string of the molecule is O=C(NCC(=O)N1CCC(Oc2nccs2)C1)OCc1ccccc1. The topological polar surface area (TPSA) is 80.8 Å². The van der Waals surface area contributed by atoms with Gasteiger partial charge in [-0.3, -0.25) is 4.79 Å². The summed E-state index contributed by atoms with van der Waals surface area (Å²) in [6.07, 6.45) is 1.78. The summed E-state index contributed by atoms with van der Waals surface area (Å²) in [5.41, 5.74) is 0.894. The standard InChI is InChI=1S/C17H19N3O4S/c21-15(10-19-16(22)23-12-13-4-2-1-3-5-13)20-8-6-14(11-20)24-17-18-7-9-25-17/h1-5,7,9,14H,6,8,10-12H2,(H,19,22). The van der Waals surface area contributed by atoms with E-state index in [2.05, 4.69) is 10.3 Å². The monoisotopic (exact) mass is 361 g/mol. The molecule has 25 heavy (non-hydrogen) atoms. The van der Waals surface area contributed by atoms with Gasteiger partial charge < -0.3 is 19.7 Å². The molecule has 1 aliphatic heterocycles. The molecule has 2 amide bonds. The molecule has 0 saturated carbocycles. The molecule has 1 fully saturated rings. The number of alkyl carbamates (subject to hydrolysis) is 1. The normalized spacial score (nSPS) is 16.5. The van der Waals surface area contributed by atoms with Crippen LogP contribution >= 0.6 is 11.3 Å². The van der Waals surface area contributed by atoms with Crippen LogP contribution in [0.1, 0.15) is 12.0 Å². The van der Waals surface area contributed by atoms with Crippen molar-refractivity contribution in [3.63, 3.8) is 0 Å². The molecule has 2 aromatic rings. The molecule has 1 aliphatic rings. The van der Waals surface area contributed by atoms with Crippen molar-refractivity contribution < 1.29 is 19.1 Å². The van der Waals surface area contributed by atoms with E-state index >= 15 is 0 Å². The fraction of sp³-hybridized carbons (Fsp3) is 0.353. The zero-order valence-corrected chi connectivity index (χ0v) is 14.4. The van der Waals surface area contributed by atoms with Crippen LogP contribution in [0.5, 0.6) is 5.19 Å². The molecule has 1 aromatic heterocycles. The third-order valence-electron chi connectivity index (χ3n) is 3.77. The maximum atomic E-state index is 12.2. The highest BCUT2D eigenvalue weighted by atomic mass is 32.1. The van der Waals surface area contributed by atoms with Crippen molar-refractivity contribution >= 4 is 23.3 Å². The lowest BCUT2D eigenvalue weighted by molar-refractivity contribution is -0.129. The van der Waals surface area contributed by atoms with Crippen LogP contribution in [0.2, 0.25) is 0 Å². The highest BCUT2D eigenvalue weighted by Crippen LogP contribution is 2.20. The number of rotatable bonds is 6. The maximum Gasteiger partial charge on any atom is 0.407 e. The lowest BCUT2D eigenvalue weighted by atomic mass is 10.2. The Labute approximate surface area is 149 Å². The molecule has 1 atom stereocenters. The number of ether oxygens (including phenoxy) is 2. The maximum absolute atomic E-state index is 12.2. The van der Waals surface area contributed by atoms with Crippen LogP contribution in [-0.4, -0.2) is 47.6 Å². The van der Waals surface area contributed by atoms with Gasteiger partial charge in [-0.05, 0) is 5.56 Å². The molecule has 1 unspecified atom stereocenters. The third-order valence-corrected chi connectivity index (χ3v) is 4.43. The lowest BCUT2D eigenvalue weighted by Crippen LogP contribution is -2.39. The van der Waals surface area contributed by atoms with Crippen LogP contribution in [0.3, 0.4) is 0 Å². The number of hydrogen-bond donors (Lipinski definition) is 1. The number of hydrogen-bond acceptors (Lipinski definition) is 6. The average Bonchev–Trinajstić information content (AvgIpc) is 3.31. The van der Waals surface area contributed by atoms with Crippen LogP contribution in [-0.2, 0) is 16.1 Å². The summed E-state index contributed by atoms with van der Waals surface area (Å²) in [5, 5.41) is 4.94. The van der Waals surface area contributed by atoms with Gasteiger partial charge in [-0.2, -0.15) is 0 Å². The van der Waals surface area contributed by atoms with Gasteiger partial charge in [0.05, 0.1) is 6.54 Å². The Morgan fingerprint density at radius 2 is 2.16 bits per heavy atom. The molecular formula is C17H19N3O4S. The quantitative estimate of drug-likeness (QED) is 0.852. The Balaban J connectivity index is 1.35. The molecule has 0 bridgehead atoms. The van der Waals surface area contributed by atoms with Crippen LogP contribution in [0.15, 0.2) is 41.9 Å². The summed E-state index contributed by atoms with van der Waals surface area (Å²) in [6, 6.07) is 9.37. The Morgan fingerprint density at radius 3 is 2.92 bits per heavy atom. The minimum atomic E-state index is -0.605. The van der Waals surface area contributed by atoms with Gasteiger partial charge in [-0.15, -0.1) is 0 Å². The van der Waals surface area contributed by atoms with E-state index in [9.17, 15) is 9.59 Å². The summed E-state index contributed by atoms with van der Waals surface area (Å²) < 4.78 is 10.8. The summed E-state index contributed by atoms with van der Waals surface area (Å²) in [6.45, 7) is 1.20. The van der Waals surface area contributed by atoms with Crippen molar-refractivity contribution in [3.05, 3.63) is 47.5 Å². The van der Waals surface area contributed by atoms with Gasteiger partial charge in [-0.25, -0.2) is 9.78 Å². The fourth-order valence-corrected chi connectivity index (χ4v) is 3.05. The molecule has 0 radical (unpaired) electrons. The molecule has 1 N–H and O–H groups in total. The second kappa shape index (κ2) is 8.48. The summed E-state index contributed by atoms with van der Waals surface area (Å²) in [7, 11) is 0. The summed E-state index contributed by atoms with van der Waals surface area (Å²) >= 11 is 1.43. The van der Waals surface area contributed by atoms with E-state index in [0.29, 0.717) is 18.3 Å². The molecule has 3 rings (SSSR count). The largest absolute Gasteiger partial charge is 0.465 e. The van der Waals surface area contributed by atoms with Gasteiger partial charge >= 0.3 is 6.09 Å². The van der Waals surface area contributed by atoms with E-state index in [1.54, 1.807) is 11.1 Å². The van der Waals surface area contributed by atoms with Gasteiger partial charge in [-0.1, -0.05) is 41.7 Å². The van der Waals surface area contributed by atoms with Crippen molar-refractivity contribution in [2.45, 2.75) is 19.1 Å². The van der Waals surface area contributed by atoms with Gasteiger partial charge in [0.1, 0.15) is 19.3 Å². The number of aromatic nitrogens is 1. The molecule has 1 saturated heterocycles. The first kappa shape index (κ1) is 17.2. The van der Waals surface area contributed by atoms with Gasteiger partial charge in [0.2, 0.25) is 5.91 Å².